The Labute approximate surface area is 109 Å². The zero-order chi connectivity index (χ0) is 13.5. The Balaban J connectivity index is 3.47. The van der Waals surface area contributed by atoms with E-state index in [2.05, 4.69) is 23.5 Å². The summed E-state index contributed by atoms with van der Waals surface area (Å²) in [6, 6.07) is 0. The molecule has 0 aromatic carbocycles. The molecule has 0 radical (unpaired) electrons. The molecule has 0 bridgehead atoms. The minimum atomic E-state index is -1.20. The molecule has 0 fully saturated rings. The van der Waals surface area contributed by atoms with E-state index in [9.17, 15) is 4.79 Å². The standard InChI is InChI=1S/C15H20O3/c1-2-3-4-5-6-7-8-9-10-11-12-13-14-18-15(16)17/h3-4,7-10H,2,11-14H2,1H3,(H,16,17). The molecule has 0 aromatic rings. The van der Waals surface area contributed by atoms with Crippen LogP contribution in [0.5, 0.6) is 0 Å². The van der Waals surface area contributed by atoms with Crippen LogP contribution in [-0.2, 0) is 4.74 Å². The molecule has 0 aromatic heterocycles. The highest BCUT2D eigenvalue weighted by Gasteiger charge is 1.93. The van der Waals surface area contributed by atoms with E-state index in [1.165, 1.54) is 0 Å². The van der Waals surface area contributed by atoms with Gasteiger partial charge >= 0.3 is 6.16 Å². The van der Waals surface area contributed by atoms with Crippen molar-refractivity contribution in [2.24, 2.45) is 0 Å². The van der Waals surface area contributed by atoms with Gasteiger partial charge in [0.2, 0.25) is 0 Å². The summed E-state index contributed by atoms with van der Waals surface area (Å²) in [6.45, 7) is 2.34. The van der Waals surface area contributed by atoms with Crippen LogP contribution in [0.2, 0.25) is 0 Å². The molecule has 0 amide bonds. The van der Waals surface area contributed by atoms with Crippen LogP contribution in [0.4, 0.5) is 4.79 Å². The van der Waals surface area contributed by atoms with Crippen LogP contribution < -0.4 is 0 Å². The molecule has 0 aliphatic heterocycles. The van der Waals surface area contributed by atoms with Crippen LogP contribution in [0.25, 0.3) is 0 Å². The lowest BCUT2D eigenvalue weighted by Gasteiger charge is -1.97. The monoisotopic (exact) mass is 248 g/mol. The van der Waals surface area contributed by atoms with Gasteiger partial charge in [0, 0.05) is 0 Å². The predicted octanol–water partition coefficient (Wildman–Crippen LogP) is 3.93. The quantitative estimate of drug-likeness (QED) is 0.321. The minimum absolute atomic E-state index is 0.272. The highest BCUT2D eigenvalue weighted by molar-refractivity contribution is 5.56. The molecule has 0 aliphatic carbocycles. The van der Waals surface area contributed by atoms with Crippen LogP contribution in [-0.4, -0.2) is 17.9 Å². The third-order valence-corrected chi connectivity index (χ3v) is 1.94. The molecule has 1 N–H and O–H groups in total. The number of rotatable bonds is 7. The largest absolute Gasteiger partial charge is 0.505 e. The summed E-state index contributed by atoms with van der Waals surface area (Å²) in [7, 11) is 0. The molecule has 0 aliphatic rings. The Morgan fingerprint density at radius 1 is 1.17 bits per heavy atom. The Hall–Kier alpha value is -1.95. The van der Waals surface area contributed by atoms with Gasteiger partial charge in [0.25, 0.3) is 0 Å². The van der Waals surface area contributed by atoms with Crippen molar-refractivity contribution in [2.75, 3.05) is 6.61 Å². The van der Waals surface area contributed by atoms with E-state index in [1.807, 2.05) is 30.4 Å². The molecule has 0 spiro atoms. The SMILES string of the molecule is CCC=CC#CC=CC=CCCCCOC(=O)O. The van der Waals surface area contributed by atoms with Crippen LogP contribution in [0, 0.1) is 11.8 Å². The summed E-state index contributed by atoms with van der Waals surface area (Å²) in [6.07, 6.45) is 13.9. The van der Waals surface area contributed by atoms with Gasteiger partial charge in [-0.1, -0.05) is 43.1 Å². The molecular formula is C15H20O3. The molecule has 0 rings (SSSR count). The van der Waals surface area contributed by atoms with Crippen LogP contribution >= 0.6 is 0 Å². The summed E-state index contributed by atoms with van der Waals surface area (Å²) in [4.78, 5) is 10.0. The van der Waals surface area contributed by atoms with Gasteiger partial charge < -0.3 is 9.84 Å². The fourth-order valence-corrected chi connectivity index (χ4v) is 1.08. The lowest BCUT2D eigenvalue weighted by atomic mass is 10.2. The molecule has 0 saturated carbocycles. The Kier molecular flexibility index (Phi) is 11.7. The number of unbranched alkanes of at least 4 members (excludes halogenated alkanes) is 2. The summed E-state index contributed by atoms with van der Waals surface area (Å²) >= 11 is 0. The van der Waals surface area contributed by atoms with E-state index in [1.54, 1.807) is 6.08 Å². The minimum Gasteiger partial charge on any atom is -0.450 e. The normalized spacial score (nSPS) is 10.9. The molecule has 98 valence electrons. The Bertz CT molecular complexity index is 354. The van der Waals surface area contributed by atoms with E-state index < -0.39 is 6.16 Å². The molecule has 0 atom stereocenters. The molecule has 3 heteroatoms. The van der Waals surface area contributed by atoms with Gasteiger partial charge in [0.05, 0.1) is 6.61 Å². The van der Waals surface area contributed by atoms with E-state index in [0.29, 0.717) is 0 Å². The predicted molar refractivity (Wildman–Crippen MR) is 73.3 cm³/mol. The second-order valence-electron chi connectivity index (χ2n) is 3.50. The van der Waals surface area contributed by atoms with E-state index in [4.69, 9.17) is 5.11 Å². The Morgan fingerprint density at radius 2 is 1.94 bits per heavy atom. The smallest absolute Gasteiger partial charge is 0.450 e. The molecular weight excluding hydrogens is 228 g/mol. The van der Waals surface area contributed by atoms with Crippen molar-refractivity contribution in [1.29, 1.82) is 0 Å². The summed E-state index contributed by atoms with van der Waals surface area (Å²) < 4.78 is 4.39. The van der Waals surface area contributed by atoms with Gasteiger partial charge in [-0.25, -0.2) is 4.79 Å². The summed E-state index contributed by atoms with van der Waals surface area (Å²) in [5.41, 5.74) is 0. The van der Waals surface area contributed by atoms with Crippen molar-refractivity contribution in [3.05, 3.63) is 36.5 Å². The van der Waals surface area contributed by atoms with Gasteiger partial charge in [0.15, 0.2) is 0 Å². The third-order valence-electron chi connectivity index (χ3n) is 1.94. The average Bonchev–Trinajstić information content (AvgIpc) is 2.34. The molecule has 0 unspecified atom stereocenters. The number of hydrogen-bond donors (Lipinski definition) is 1. The number of hydrogen-bond acceptors (Lipinski definition) is 2. The highest BCUT2D eigenvalue weighted by Crippen LogP contribution is 1.97. The van der Waals surface area contributed by atoms with Crippen molar-refractivity contribution in [2.45, 2.75) is 32.6 Å². The van der Waals surface area contributed by atoms with Gasteiger partial charge in [0.1, 0.15) is 0 Å². The second-order valence-corrected chi connectivity index (χ2v) is 3.50. The van der Waals surface area contributed by atoms with Gasteiger partial charge in [-0.2, -0.15) is 0 Å². The first kappa shape index (κ1) is 16.1. The molecule has 0 saturated heterocycles. The lowest BCUT2D eigenvalue weighted by molar-refractivity contribution is 0.0902. The second kappa shape index (κ2) is 13.1. The zero-order valence-electron chi connectivity index (χ0n) is 10.8. The Morgan fingerprint density at radius 3 is 2.67 bits per heavy atom. The fourth-order valence-electron chi connectivity index (χ4n) is 1.08. The molecule has 0 heterocycles. The number of carboxylic acid groups (broad SMARTS) is 1. The first-order chi connectivity index (χ1) is 8.77. The maximum absolute atomic E-state index is 10.0. The van der Waals surface area contributed by atoms with Crippen LogP contribution in [0.1, 0.15) is 32.6 Å². The lowest BCUT2D eigenvalue weighted by Crippen LogP contribution is -2.01. The third kappa shape index (κ3) is 14.1. The maximum Gasteiger partial charge on any atom is 0.505 e. The average molecular weight is 248 g/mol. The number of ether oxygens (including phenoxy) is 1. The van der Waals surface area contributed by atoms with Crippen molar-refractivity contribution in [3.8, 4) is 11.8 Å². The first-order valence-electron chi connectivity index (χ1n) is 6.10. The van der Waals surface area contributed by atoms with E-state index >= 15 is 0 Å². The highest BCUT2D eigenvalue weighted by atomic mass is 16.7. The van der Waals surface area contributed by atoms with Crippen LogP contribution in [0.15, 0.2) is 36.5 Å². The fraction of sp³-hybridized carbons (Fsp3) is 0.400. The van der Waals surface area contributed by atoms with Gasteiger partial charge in [-0.15, -0.1) is 0 Å². The first-order valence-corrected chi connectivity index (χ1v) is 6.10. The van der Waals surface area contributed by atoms with Crippen LogP contribution in [0.3, 0.4) is 0 Å². The van der Waals surface area contributed by atoms with E-state index in [-0.39, 0.29) is 6.61 Å². The van der Waals surface area contributed by atoms with Crippen molar-refractivity contribution in [1.82, 2.24) is 0 Å². The van der Waals surface area contributed by atoms with Gasteiger partial charge in [-0.3, -0.25) is 0 Å². The van der Waals surface area contributed by atoms with Gasteiger partial charge in [-0.05, 0) is 37.8 Å². The van der Waals surface area contributed by atoms with Crippen molar-refractivity contribution in [3.63, 3.8) is 0 Å². The number of allylic oxidation sites excluding steroid dienone is 6. The molecule has 18 heavy (non-hydrogen) atoms. The van der Waals surface area contributed by atoms with Crippen molar-refractivity contribution < 1.29 is 14.6 Å². The van der Waals surface area contributed by atoms with Crippen molar-refractivity contribution >= 4 is 6.16 Å². The van der Waals surface area contributed by atoms with E-state index in [0.717, 1.165) is 25.7 Å². The number of carbonyl (C=O) groups is 1. The molecule has 3 nitrogen and oxygen atoms in total. The zero-order valence-corrected chi connectivity index (χ0v) is 10.8. The topological polar surface area (TPSA) is 46.5 Å². The maximum atomic E-state index is 10.0. The summed E-state index contributed by atoms with van der Waals surface area (Å²) in [5, 5.41) is 8.23. The summed E-state index contributed by atoms with van der Waals surface area (Å²) in [5.74, 6) is 5.78.